The summed E-state index contributed by atoms with van der Waals surface area (Å²) in [5.74, 6) is 0.831. The molecule has 1 aliphatic carbocycles. The van der Waals surface area contributed by atoms with Gasteiger partial charge in [0.25, 0.3) is 0 Å². The van der Waals surface area contributed by atoms with Gasteiger partial charge >= 0.3 is 0 Å². The van der Waals surface area contributed by atoms with Gasteiger partial charge in [0.05, 0.1) is 5.69 Å². The first-order valence-electron chi connectivity index (χ1n) is 5.94. The predicted octanol–water partition coefficient (Wildman–Crippen LogP) is 4.14. The standard InChI is InChI=1S/C14H19N/c1-3-12-6-4-5-7-14(12)15-13-9-8-11(2)10-13/h4-7,11H,3,8-10H2,1-2H3. The van der Waals surface area contributed by atoms with Crippen molar-refractivity contribution >= 4 is 11.4 Å². The second kappa shape index (κ2) is 4.61. The Labute approximate surface area is 92.2 Å². The van der Waals surface area contributed by atoms with Gasteiger partial charge in [0.15, 0.2) is 0 Å². The van der Waals surface area contributed by atoms with E-state index in [-0.39, 0.29) is 0 Å². The molecule has 0 saturated heterocycles. The number of nitrogens with zero attached hydrogens (tertiary/aromatic N) is 1. The van der Waals surface area contributed by atoms with Crippen LogP contribution in [0.3, 0.4) is 0 Å². The van der Waals surface area contributed by atoms with Crippen molar-refractivity contribution in [2.75, 3.05) is 0 Å². The number of benzene rings is 1. The minimum absolute atomic E-state index is 0.831. The SMILES string of the molecule is CCc1ccccc1N=C1CCC(C)C1. The van der Waals surface area contributed by atoms with Crippen LogP contribution in [-0.4, -0.2) is 5.71 Å². The van der Waals surface area contributed by atoms with Gasteiger partial charge in [-0.2, -0.15) is 0 Å². The second-order valence-corrected chi connectivity index (χ2v) is 4.51. The van der Waals surface area contributed by atoms with E-state index in [0.29, 0.717) is 0 Å². The van der Waals surface area contributed by atoms with Crippen molar-refractivity contribution in [1.82, 2.24) is 0 Å². The van der Waals surface area contributed by atoms with Crippen LogP contribution in [0.1, 0.15) is 38.7 Å². The third-order valence-corrected chi connectivity index (χ3v) is 3.16. The predicted molar refractivity (Wildman–Crippen MR) is 65.9 cm³/mol. The number of hydrogen-bond acceptors (Lipinski definition) is 1. The molecule has 15 heavy (non-hydrogen) atoms. The Balaban J connectivity index is 2.23. The topological polar surface area (TPSA) is 12.4 Å². The molecule has 1 unspecified atom stereocenters. The van der Waals surface area contributed by atoms with Crippen molar-refractivity contribution in [3.8, 4) is 0 Å². The van der Waals surface area contributed by atoms with Crippen molar-refractivity contribution < 1.29 is 0 Å². The van der Waals surface area contributed by atoms with E-state index in [1.165, 1.54) is 36.2 Å². The quantitative estimate of drug-likeness (QED) is 0.682. The molecule has 0 N–H and O–H groups in total. The second-order valence-electron chi connectivity index (χ2n) is 4.51. The highest BCUT2D eigenvalue weighted by molar-refractivity contribution is 5.89. The van der Waals surface area contributed by atoms with Gasteiger partial charge in [-0.15, -0.1) is 0 Å². The fraction of sp³-hybridized carbons (Fsp3) is 0.500. The zero-order valence-electron chi connectivity index (χ0n) is 9.66. The Morgan fingerprint density at radius 1 is 1.33 bits per heavy atom. The van der Waals surface area contributed by atoms with Gasteiger partial charge in [-0.05, 0) is 43.2 Å². The maximum atomic E-state index is 4.80. The highest BCUT2D eigenvalue weighted by Crippen LogP contribution is 2.26. The Morgan fingerprint density at radius 3 is 2.80 bits per heavy atom. The van der Waals surface area contributed by atoms with E-state index >= 15 is 0 Å². The van der Waals surface area contributed by atoms with E-state index in [4.69, 9.17) is 4.99 Å². The highest BCUT2D eigenvalue weighted by Gasteiger charge is 2.16. The van der Waals surface area contributed by atoms with E-state index in [2.05, 4.69) is 38.1 Å². The van der Waals surface area contributed by atoms with Crippen LogP contribution in [0.15, 0.2) is 29.3 Å². The number of aryl methyl sites for hydroxylation is 1. The monoisotopic (exact) mass is 201 g/mol. The van der Waals surface area contributed by atoms with Crippen LogP contribution in [0, 0.1) is 5.92 Å². The van der Waals surface area contributed by atoms with Crippen LogP contribution >= 0.6 is 0 Å². The lowest BCUT2D eigenvalue weighted by molar-refractivity contribution is 0.623. The fourth-order valence-corrected chi connectivity index (χ4v) is 2.21. The normalized spacial score (nSPS) is 23.6. The molecule has 0 heterocycles. The molecule has 0 bridgehead atoms. The number of para-hydroxylation sites is 1. The third-order valence-electron chi connectivity index (χ3n) is 3.16. The molecular weight excluding hydrogens is 182 g/mol. The van der Waals surface area contributed by atoms with Gasteiger partial charge in [0.1, 0.15) is 0 Å². The molecule has 1 saturated carbocycles. The van der Waals surface area contributed by atoms with E-state index in [1.54, 1.807) is 0 Å². The molecule has 1 aromatic carbocycles. The van der Waals surface area contributed by atoms with Crippen LogP contribution in [0.25, 0.3) is 0 Å². The molecule has 1 fully saturated rings. The summed E-state index contributed by atoms with van der Waals surface area (Å²) < 4.78 is 0. The molecule has 80 valence electrons. The van der Waals surface area contributed by atoms with Crippen LogP contribution in [0.2, 0.25) is 0 Å². The summed E-state index contributed by atoms with van der Waals surface area (Å²) in [4.78, 5) is 4.80. The van der Waals surface area contributed by atoms with Crippen molar-refractivity contribution in [2.45, 2.75) is 39.5 Å². The fourth-order valence-electron chi connectivity index (χ4n) is 2.21. The molecule has 1 nitrogen and oxygen atoms in total. The molecule has 0 aromatic heterocycles. The highest BCUT2D eigenvalue weighted by atomic mass is 14.8. The Morgan fingerprint density at radius 2 is 2.13 bits per heavy atom. The minimum atomic E-state index is 0.831. The Bertz CT molecular complexity index is 365. The van der Waals surface area contributed by atoms with Gasteiger partial charge in [-0.3, -0.25) is 4.99 Å². The Kier molecular flexibility index (Phi) is 3.20. The molecular formula is C14H19N. The van der Waals surface area contributed by atoms with Gasteiger partial charge in [0, 0.05) is 5.71 Å². The van der Waals surface area contributed by atoms with E-state index in [1.807, 2.05) is 0 Å². The van der Waals surface area contributed by atoms with Gasteiger partial charge in [-0.25, -0.2) is 0 Å². The zero-order valence-corrected chi connectivity index (χ0v) is 9.66. The van der Waals surface area contributed by atoms with Crippen LogP contribution in [0.4, 0.5) is 5.69 Å². The summed E-state index contributed by atoms with van der Waals surface area (Å²) in [6.07, 6.45) is 4.77. The van der Waals surface area contributed by atoms with Crippen LogP contribution in [-0.2, 0) is 6.42 Å². The lowest BCUT2D eigenvalue weighted by atomic mass is 10.1. The van der Waals surface area contributed by atoms with E-state index < -0.39 is 0 Å². The van der Waals surface area contributed by atoms with E-state index in [9.17, 15) is 0 Å². The number of hydrogen-bond donors (Lipinski definition) is 0. The number of rotatable bonds is 2. The maximum Gasteiger partial charge on any atom is 0.0660 e. The summed E-state index contributed by atoms with van der Waals surface area (Å²) in [7, 11) is 0. The lowest BCUT2D eigenvalue weighted by Crippen LogP contribution is -1.91. The molecule has 1 heteroatoms. The van der Waals surface area contributed by atoms with E-state index in [0.717, 1.165) is 12.3 Å². The molecule has 0 radical (unpaired) electrons. The van der Waals surface area contributed by atoms with Gasteiger partial charge in [-0.1, -0.05) is 32.0 Å². The largest absolute Gasteiger partial charge is 0.258 e. The van der Waals surface area contributed by atoms with Crippen molar-refractivity contribution in [3.63, 3.8) is 0 Å². The first kappa shape index (κ1) is 10.4. The summed E-state index contributed by atoms with van der Waals surface area (Å²) >= 11 is 0. The minimum Gasteiger partial charge on any atom is -0.258 e. The molecule has 0 amide bonds. The molecule has 1 aromatic rings. The number of aliphatic imine (C=N–C) groups is 1. The van der Waals surface area contributed by atoms with Crippen LogP contribution in [0.5, 0.6) is 0 Å². The third kappa shape index (κ3) is 2.47. The zero-order chi connectivity index (χ0) is 10.7. The summed E-state index contributed by atoms with van der Waals surface area (Å²) in [6.45, 7) is 4.50. The summed E-state index contributed by atoms with van der Waals surface area (Å²) in [5, 5.41) is 0. The first-order chi connectivity index (χ1) is 7.29. The molecule has 0 spiro atoms. The maximum absolute atomic E-state index is 4.80. The van der Waals surface area contributed by atoms with Crippen LogP contribution < -0.4 is 0 Å². The first-order valence-corrected chi connectivity index (χ1v) is 5.94. The molecule has 1 aliphatic rings. The van der Waals surface area contributed by atoms with Gasteiger partial charge in [0.2, 0.25) is 0 Å². The lowest BCUT2D eigenvalue weighted by Gasteiger charge is -2.03. The summed E-state index contributed by atoms with van der Waals surface area (Å²) in [6, 6.07) is 8.49. The Hall–Kier alpha value is -1.11. The molecule has 1 atom stereocenters. The molecule has 0 aliphatic heterocycles. The van der Waals surface area contributed by atoms with Gasteiger partial charge < -0.3 is 0 Å². The van der Waals surface area contributed by atoms with Crippen molar-refractivity contribution in [3.05, 3.63) is 29.8 Å². The summed E-state index contributed by atoms with van der Waals surface area (Å²) in [5.41, 5.74) is 3.94. The van der Waals surface area contributed by atoms with Crippen molar-refractivity contribution in [2.24, 2.45) is 10.9 Å². The molecule has 2 rings (SSSR count). The average Bonchev–Trinajstić information content (AvgIpc) is 2.65. The smallest absolute Gasteiger partial charge is 0.0660 e. The van der Waals surface area contributed by atoms with Crippen molar-refractivity contribution in [1.29, 1.82) is 0 Å². The average molecular weight is 201 g/mol.